The van der Waals surface area contributed by atoms with Gasteiger partial charge in [0.2, 0.25) is 0 Å². The third-order valence-corrected chi connectivity index (χ3v) is 2.32. The lowest BCUT2D eigenvalue weighted by atomic mass is 10.2. The molecule has 3 nitrogen and oxygen atoms in total. The van der Waals surface area contributed by atoms with E-state index in [4.69, 9.17) is 5.73 Å². The second kappa shape index (κ2) is 3.66. The van der Waals surface area contributed by atoms with Gasteiger partial charge in [-0.25, -0.2) is 0 Å². The van der Waals surface area contributed by atoms with Crippen molar-refractivity contribution < 1.29 is 0 Å². The van der Waals surface area contributed by atoms with E-state index in [0.29, 0.717) is 6.04 Å². The van der Waals surface area contributed by atoms with Gasteiger partial charge in [0.1, 0.15) is 0 Å². The van der Waals surface area contributed by atoms with Crippen LogP contribution in [0.3, 0.4) is 0 Å². The zero-order chi connectivity index (χ0) is 9.10. The van der Waals surface area contributed by atoms with Gasteiger partial charge in [-0.2, -0.15) is 0 Å². The SMILES string of the molecule is Nc1cccc(N[C@@H]2CCNC2)c1. The van der Waals surface area contributed by atoms with Crippen LogP contribution in [-0.4, -0.2) is 19.1 Å². The van der Waals surface area contributed by atoms with Gasteiger partial charge in [0.05, 0.1) is 0 Å². The van der Waals surface area contributed by atoms with E-state index >= 15 is 0 Å². The molecule has 0 aromatic heterocycles. The molecule has 1 atom stereocenters. The quantitative estimate of drug-likeness (QED) is 0.592. The van der Waals surface area contributed by atoms with Crippen LogP contribution in [0.4, 0.5) is 11.4 Å². The fraction of sp³-hybridized carbons (Fsp3) is 0.400. The highest BCUT2D eigenvalue weighted by Gasteiger charge is 2.13. The number of nitrogens with two attached hydrogens (primary N) is 1. The molecule has 4 N–H and O–H groups in total. The molecular formula is C10H15N3. The van der Waals surface area contributed by atoms with Gasteiger partial charge < -0.3 is 16.4 Å². The summed E-state index contributed by atoms with van der Waals surface area (Å²) in [7, 11) is 0. The molecule has 2 rings (SSSR count). The second-order valence-corrected chi connectivity index (χ2v) is 3.46. The van der Waals surface area contributed by atoms with E-state index in [9.17, 15) is 0 Å². The number of nitrogen functional groups attached to an aromatic ring is 1. The van der Waals surface area contributed by atoms with Crippen molar-refractivity contribution in [1.29, 1.82) is 0 Å². The van der Waals surface area contributed by atoms with E-state index < -0.39 is 0 Å². The van der Waals surface area contributed by atoms with E-state index in [1.54, 1.807) is 0 Å². The molecule has 1 aromatic carbocycles. The first-order valence-corrected chi connectivity index (χ1v) is 4.67. The largest absolute Gasteiger partial charge is 0.399 e. The van der Waals surface area contributed by atoms with Crippen LogP contribution in [-0.2, 0) is 0 Å². The zero-order valence-electron chi connectivity index (χ0n) is 7.59. The lowest BCUT2D eigenvalue weighted by molar-refractivity contribution is 0.793. The topological polar surface area (TPSA) is 50.1 Å². The number of rotatable bonds is 2. The van der Waals surface area contributed by atoms with Crippen LogP contribution in [0.2, 0.25) is 0 Å². The molecule has 1 aromatic rings. The number of nitrogens with one attached hydrogen (secondary N) is 2. The van der Waals surface area contributed by atoms with E-state index in [0.717, 1.165) is 24.5 Å². The highest BCUT2D eigenvalue weighted by molar-refractivity contribution is 5.54. The summed E-state index contributed by atoms with van der Waals surface area (Å²) in [4.78, 5) is 0. The molecule has 0 spiro atoms. The first kappa shape index (κ1) is 8.38. The Morgan fingerprint density at radius 2 is 2.38 bits per heavy atom. The van der Waals surface area contributed by atoms with Crippen LogP contribution in [0.1, 0.15) is 6.42 Å². The number of hydrogen-bond acceptors (Lipinski definition) is 3. The van der Waals surface area contributed by atoms with Crippen molar-refractivity contribution in [2.45, 2.75) is 12.5 Å². The van der Waals surface area contributed by atoms with Crippen molar-refractivity contribution in [2.75, 3.05) is 24.1 Å². The lowest BCUT2D eigenvalue weighted by Gasteiger charge is -2.12. The number of hydrogen-bond donors (Lipinski definition) is 3. The fourth-order valence-corrected chi connectivity index (χ4v) is 1.64. The monoisotopic (exact) mass is 177 g/mol. The summed E-state index contributed by atoms with van der Waals surface area (Å²) in [6.07, 6.45) is 1.19. The van der Waals surface area contributed by atoms with Gasteiger partial charge in [-0.3, -0.25) is 0 Å². The van der Waals surface area contributed by atoms with Gasteiger partial charge in [0, 0.05) is 24.0 Å². The maximum Gasteiger partial charge on any atom is 0.0398 e. The summed E-state index contributed by atoms with van der Waals surface area (Å²) in [6.45, 7) is 2.16. The Labute approximate surface area is 78.3 Å². The third kappa shape index (κ3) is 2.12. The molecule has 70 valence electrons. The molecule has 1 heterocycles. The van der Waals surface area contributed by atoms with Gasteiger partial charge in [-0.1, -0.05) is 6.07 Å². The van der Waals surface area contributed by atoms with Gasteiger partial charge in [-0.05, 0) is 31.2 Å². The molecule has 1 aliphatic rings. The standard InChI is InChI=1S/C10H15N3/c11-8-2-1-3-9(6-8)13-10-4-5-12-7-10/h1-3,6,10,12-13H,4-5,7,11H2/t10-/m1/s1. The highest BCUT2D eigenvalue weighted by Crippen LogP contribution is 2.14. The zero-order valence-corrected chi connectivity index (χ0v) is 7.59. The molecule has 0 saturated carbocycles. The Hall–Kier alpha value is -1.22. The molecule has 1 aliphatic heterocycles. The van der Waals surface area contributed by atoms with E-state index in [1.165, 1.54) is 6.42 Å². The average molecular weight is 177 g/mol. The van der Waals surface area contributed by atoms with Gasteiger partial charge in [-0.15, -0.1) is 0 Å². The first-order valence-electron chi connectivity index (χ1n) is 4.67. The van der Waals surface area contributed by atoms with Crippen LogP contribution < -0.4 is 16.4 Å². The predicted molar refractivity (Wildman–Crippen MR) is 55.8 cm³/mol. The number of anilines is 2. The minimum Gasteiger partial charge on any atom is -0.399 e. The van der Waals surface area contributed by atoms with E-state index in [2.05, 4.69) is 16.7 Å². The van der Waals surface area contributed by atoms with Crippen molar-refractivity contribution in [3.05, 3.63) is 24.3 Å². The highest BCUT2D eigenvalue weighted by atomic mass is 15.0. The third-order valence-electron chi connectivity index (χ3n) is 2.32. The molecule has 1 saturated heterocycles. The Morgan fingerprint density at radius 1 is 1.46 bits per heavy atom. The summed E-state index contributed by atoms with van der Waals surface area (Å²) < 4.78 is 0. The molecule has 0 bridgehead atoms. The Kier molecular flexibility index (Phi) is 2.36. The van der Waals surface area contributed by atoms with Crippen molar-refractivity contribution in [3.8, 4) is 0 Å². The molecular weight excluding hydrogens is 162 g/mol. The number of benzene rings is 1. The molecule has 0 unspecified atom stereocenters. The lowest BCUT2D eigenvalue weighted by Crippen LogP contribution is -2.21. The predicted octanol–water partition coefficient (Wildman–Crippen LogP) is 1.04. The fourth-order valence-electron chi connectivity index (χ4n) is 1.64. The Morgan fingerprint density at radius 3 is 3.08 bits per heavy atom. The maximum absolute atomic E-state index is 5.68. The van der Waals surface area contributed by atoms with Crippen LogP contribution in [0.5, 0.6) is 0 Å². The van der Waals surface area contributed by atoms with Crippen molar-refractivity contribution in [1.82, 2.24) is 5.32 Å². The van der Waals surface area contributed by atoms with Crippen LogP contribution in [0.25, 0.3) is 0 Å². The second-order valence-electron chi connectivity index (χ2n) is 3.46. The van der Waals surface area contributed by atoms with Crippen molar-refractivity contribution >= 4 is 11.4 Å². The maximum atomic E-state index is 5.68. The van der Waals surface area contributed by atoms with E-state index in [-0.39, 0.29) is 0 Å². The minimum absolute atomic E-state index is 0.557. The summed E-state index contributed by atoms with van der Waals surface area (Å²) >= 11 is 0. The average Bonchev–Trinajstić information content (AvgIpc) is 2.57. The summed E-state index contributed by atoms with van der Waals surface area (Å²) in [5.41, 5.74) is 7.61. The van der Waals surface area contributed by atoms with Gasteiger partial charge in [0.25, 0.3) is 0 Å². The Balaban J connectivity index is 2.00. The van der Waals surface area contributed by atoms with Crippen molar-refractivity contribution in [2.24, 2.45) is 0 Å². The molecule has 0 aliphatic carbocycles. The summed E-state index contributed by atoms with van der Waals surface area (Å²) in [5.74, 6) is 0. The molecule has 0 radical (unpaired) electrons. The molecule has 1 fully saturated rings. The van der Waals surface area contributed by atoms with Crippen LogP contribution in [0.15, 0.2) is 24.3 Å². The van der Waals surface area contributed by atoms with Crippen LogP contribution >= 0.6 is 0 Å². The first-order chi connectivity index (χ1) is 6.34. The molecule has 13 heavy (non-hydrogen) atoms. The molecule has 0 amide bonds. The van der Waals surface area contributed by atoms with Gasteiger partial charge in [0.15, 0.2) is 0 Å². The minimum atomic E-state index is 0.557. The smallest absolute Gasteiger partial charge is 0.0398 e. The van der Waals surface area contributed by atoms with E-state index in [1.807, 2.05) is 18.2 Å². The normalized spacial score (nSPS) is 21.7. The molecule has 3 heteroatoms. The van der Waals surface area contributed by atoms with Crippen molar-refractivity contribution in [3.63, 3.8) is 0 Å². The Bertz CT molecular complexity index is 279. The van der Waals surface area contributed by atoms with Crippen LogP contribution in [0, 0.1) is 0 Å². The summed E-state index contributed by atoms with van der Waals surface area (Å²) in [5, 5.41) is 6.75. The summed E-state index contributed by atoms with van der Waals surface area (Å²) in [6, 6.07) is 8.45. The van der Waals surface area contributed by atoms with Gasteiger partial charge >= 0.3 is 0 Å².